The summed E-state index contributed by atoms with van der Waals surface area (Å²) in [6.45, 7) is 8.00. The van der Waals surface area contributed by atoms with Gasteiger partial charge in [0.1, 0.15) is 0 Å². The van der Waals surface area contributed by atoms with Gasteiger partial charge < -0.3 is 6.15 Å². The van der Waals surface area contributed by atoms with Crippen LogP contribution in [-0.4, -0.2) is 0 Å². The maximum Gasteiger partial charge on any atom is -0.0445 e. The fraction of sp³-hybridized carbons (Fsp3) is 0.800. The van der Waals surface area contributed by atoms with Crippen LogP contribution in [0.3, 0.4) is 0 Å². The highest BCUT2D eigenvalue weighted by atomic mass is 14.0. The van der Waals surface area contributed by atoms with E-state index in [-0.39, 0.29) is 6.15 Å². The first kappa shape index (κ1) is 9.35. The summed E-state index contributed by atoms with van der Waals surface area (Å²) in [5.41, 5.74) is 0. The molecule has 0 rings (SSSR count). The van der Waals surface area contributed by atoms with Crippen LogP contribution in [0.1, 0.15) is 20.3 Å². The van der Waals surface area contributed by atoms with Crippen LogP contribution in [0.5, 0.6) is 0 Å². The van der Waals surface area contributed by atoms with Gasteiger partial charge in [0.15, 0.2) is 0 Å². The minimum absolute atomic E-state index is 0. The van der Waals surface area contributed by atoms with Crippen LogP contribution in [0.25, 0.3) is 0 Å². The van der Waals surface area contributed by atoms with E-state index >= 15 is 0 Å². The average molecular weight is 88.2 g/mol. The lowest BCUT2D eigenvalue weighted by Gasteiger charge is -1.90. The molecule has 3 N–H and O–H groups in total. The first-order chi connectivity index (χ1) is 2.27. The van der Waals surface area contributed by atoms with E-state index in [1.54, 1.807) is 0 Å². The van der Waals surface area contributed by atoms with Crippen LogP contribution in [0, 0.1) is 12.8 Å². The molecule has 1 unspecified atom stereocenters. The van der Waals surface area contributed by atoms with Crippen molar-refractivity contribution in [1.29, 1.82) is 0 Å². The van der Waals surface area contributed by atoms with E-state index in [0.29, 0.717) is 5.92 Å². The van der Waals surface area contributed by atoms with Crippen molar-refractivity contribution in [2.24, 2.45) is 5.92 Å². The summed E-state index contributed by atoms with van der Waals surface area (Å²) in [5.74, 6) is 0.634. The largest absolute Gasteiger partial charge is 0.344 e. The maximum atomic E-state index is 3.76. The molecule has 39 valence electrons. The van der Waals surface area contributed by atoms with Gasteiger partial charge in [-0.25, -0.2) is 0 Å². The predicted octanol–water partition coefficient (Wildman–Crippen LogP) is 2.03. The Bertz CT molecular complexity index is 17.9. The Labute approximate surface area is 40.3 Å². The Morgan fingerprint density at radius 2 is 1.83 bits per heavy atom. The molecule has 0 saturated heterocycles. The second-order valence-electron chi connectivity index (χ2n) is 1.51. The highest BCUT2D eigenvalue weighted by Crippen LogP contribution is 1.93. The van der Waals surface area contributed by atoms with Gasteiger partial charge in [0.05, 0.1) is 0 Å². The van der Waals surface area contributed by atoms with Gasteiger partial charge in [-0.3, -0.25) is 0 Å². The van der Waals surface area contributed by atoms with E-state index in [1.807, 2.05) is 0 Å². The molecule has 1 nitrogen and oxygen atoms in total. The van der Waals surface area contributed by atoms with Crippen molar-refractivity contribution in [3.63, 3.8) is 0 Å². The minimum Gasteiger partial charge on any atom is -0.344 e. The van der Waals surface area contributed by atoms with Gasteiger partial charge in [-0.1, -0.05) is 27.2 Å². The molecule has 0 aromatic carbocycles. The predicted molar refractivity (Wildman–Crippen MR) is 29.8 cm³/mol. The van der Waals surface area contributed by atoms with E-state index in [1.165, 1.54) is 6.42 Å². The van der Waals surface area contributed by atoms with Gasteiger partial charge >= 0.3 is 0 Å². The molecule has 0 heterocycles. The van der Waals surface area contributed by atoms with Crippen LogP contribution >= 0.6 is 0 Å². The third-order valence-electron chi connectivity index (χ3n) is 0.697. The highest BCUT2D eigenvalue weighted by Gasteiger charge is 1.80. The molecule has 0 saturated carbocycles. The Morgan fingerprint density at radius 1 is 1.67 bits per heavy atom. The van der Waals surface area contributed by atoms with Crippen molar-refractivity contribution in [3.05, 3.63) is 6.92 Å². The smallest absolute Gasteiger partial charge is 0.0445 e. The topological polar surface area (TPSA) is 35.0 Å². The molecule has 0 amide bonds. The number of rotatable bonds is 1. The van der Waals surface area contributed by atoms with Gasteiger partial charge in [-0.05, 0) is 5.92 Å². The van der Waals surface area contributed by atoms with Gasteiger partial charge in [0, 0.05) is 0 Å². The summed E-state index contributed by atoms with van der Waals surface area (Å²) in [6.07, 6.45) is 1.19. The lowest BCUT2D eigenvalue weighted by molar-refractivity contribution is 0.694. The Kier molecular flexibility index (Phi) is 7.73. The Balaban J connectivity index is 0. The quantitative estimate of drug-likeness (QED) is 0.523. The molecule has 0 aromatic heterocycles. The SMILES string of the molecule is N.[CH2]C(C)CC. The van der Waals surface area contributed by atoms with Crippen LogP contribution < -0.4 is 6.15 Å². The van der Waals surface area contributed by atoms with Gasteiger partial charge in [0.25, 0.3) is 0 Å². The first-order valence-electron chi connectivity index (χ1n) is 2.10. The van der Waals surface area contributed by atoms with Crippen molar-refractivity contribution in [2.75, 3.05) is 0 Å². The highest BCUT2D eigenvalue weighted by molar-refractivity contribution is 4.46. The molecule has 0 aliphatic heterocycles. The summed E-state index contributed by atoms with van der Waals surface area (Å²) in [7, 11) is 0. The fourth-order valence-corrected chi connectivity index (χ4v) is 0. The van der Waals surface area contributed by atoms with E-state index in [0.717, 1.165) is 0 Å². The minimum atomic E-state index is 0. The van der Waals surface area contributed by atoms with Crippen molar-refractivity contribution in [2.45, 2.75) is 20.3 Å². The zero-order valence-corrected chi connectivity index (χ0v) is 4.70. The van der Waals surface area contributed by atoms with Crippen LogP contribution in [0.15, 0.2) is 0 Å². The lowest BCUT2D eigenvalue weighted by Crippen LogP contribution is -1.77. The molecule has 0 fully saturated rings. The monoisotopic (exact) mass is 88.1 g/mol. The van der Waals surface area contributed by atoms with Crippen LogP contribution in [0.2, 0.25) is 0 Å². The Hall–Kier alpha value is -0.0400. The molecule has 0 spiro atoms. The van der Waals surface area contributed by atoms with E-state index in [4.69, 9.17) is 0 Å². The van der Waals surface area contributed by atoms with Crippen molar-refractivity contribution in [3.8, 4) is 0 Å². The number of hydrogen-bond acceptors (Lipinski definition) is 1. The maximum absolute atomic E-state index is 3.76. The van der Waals surface area contributed by atoms with E-state index < -0.39 is 0 Å². The van der Waals surface area contributed by atoms with Crippen LogP contribution in [0.4, 0.5) is 0 Å². The first-order valence-corrected chi connectivity index (χ1v) is 2.10. The van der Waals surface area contributed by atoms with Gasteiger partial charge in [-0.2, -0.15) is 0 Å². The average Bonchev–Trinajstić information content (AvgIpc) is 1.38. The van der Waals surface area contributed by atoms with Gasteiger partial charge in [0.2, 0.25) is 0 Å². The molecule has 0 bridgehead atoms. The lowest BCUT2D eigenvalue weighted by atomic mass is 10.2. The summed E-state index contributed by atoms with van der Waals surface area (Å²) < 4.78 is 0. The molecule has 0 aliphatic carbocycles. The summed E-state index contributed by atoms with van der Waals surface area (Å²) >= 11 is 0. The second-order valence-corrected chi connectivity index (χ2v) is 1.51. The molecular formula is C5H14N. The molecule has 1 radical (unpaired) electrons. The Morgan fingerprint density at radius 3 is 1.83 bits per heavy atom. The van der Waals surface area contributed by atoms with Crippen LogP contribution in [-0.2, 0) is 0 Å². The normalized spacial score (nSPS) is 8.00. The summed E-state index contributed by atoms with van der Waals surface area (Å²) in [6, 6.07) is 0. The fourth-order valence-electron chi connectivity index (χ4n) is 0. The second kappa shape index (κ2) is 4.96. The molecule has 1 atom stereocenters. The van der Waals surface area contributed by atoms with Crippen molar-refractivity contribution >= 4 is 0 Å². The molecule has 6 heavy (non-hydrogen) atoms. The summed E-state index contributed by atoms with van der Waals surface area (Å²) in [4.78, 5) is 0. The molecule has 1 heteroatoms. The van der Waals surface area contributed by atoms with Gasteiger partial charge in [-0.15, -0.1) is 0 Å². The molecular weight excluding hydrogens is 74.1 g/mol. The van der Waals surface area contributed by atoms with Crippen molar-refractivity contribution in [1.82, 2.24) is 6.15 Å². The zero-order chi connectivity index (χ0) is 4.28. The van der Waals surface area contributed by atoms with E-state index in [9.17, 15) is 0 Å². The zero-order valence-electron chi connectivity index (χ0n) is 4.70. The standard InChI is InChI=1S/C5H11.H3N/c1-4-5(2)3;/h5H,2,4H2,1,3H3;1H3. The van der Waals surface area contributed by atoms with Crippen molar-refractivity contribution < 1.29 is 0 Å². The third-order valence-corrected chi connectivity index (χ3v) is 0.697. The molecule has 0 aliphatic rings. The summed E-state index contributed by atoms with van der Waals surface area (Å²) in [5, 5.41) is 0. The third kappa shape index (κ3) is 9.03. The number of hydrogen-bond donors (Lipinski definition) is 1. The van der Waals surface area contributed by atoms with E-state index in [2.05, 4.69) is 20.8 Å². The molecule has 0 aromatic rings.